The lowest BCUT2D eigenvalue weighted by Gasteiger charge is -2.08. The number of amides is 1. The number of anilines is 1. The van der Waals surface area contributed by atoms with Gasteiger partial charge < -0.3 is 14.3 Å². The summed E-state index contributed by atoms with van der Waals surface area (Å²) in [4.78, 5) is 17.0. The maximum Gasteiger partial charge on any atom is 0.255 e. The van der Waals surface area contributed by atoms with Crippen molar-refractivity contribution in [2.75, 3.05) is 5.32 Å². The maximum absolute atomic E-state index is 12.5. The summed E-state index contributed by atoms with van der Waals surface area (Å²) in [5.41, 5.74) is 5.32. The van der Waals surface area contributed by atoms with Crippen LogP contribution in [-0.4, -0.2) is 19.9 Å². The molecule has 5 heteroatoms. The van der Waals surface area contributed by atoms with Gasteiger partial charge in [-0.3, -0.25) is 4.79 Å². The SMILES string of the molecule is Cc1nc2ccc(NC(=O)c3ccc(-n4cccc4)cc3)cn2c1C. The second kappa shape index (κ2) is 5.94. The van der Waals surface area contributed by atoms with Crippen LogP contribution < -0.4 is 5.32 Å². The standard InChI is InChI=1S/C20H18N4O/c1-14-15(2)24-13-17(7-10-19(24)21-14)22-20(25)16-5-8-18(9-6-16)23-11-3-4-12-23/h3-13H,1-2H3,(H,22,25). The predicted molar refractivity (Wildman–Crippen MR) is 98.4 cm³/mol. The minimum Gasteiger partial charge on any atom is -0.324 e. The smallest absolute Gasteiger partial charge is 0.255 e. The zero-order valence-electron chi connectivity index (χ0n) is 14.1. The Bertz CT molecular complexity index is 1040. The molecule has 1 aromatic carbocycles. The van der Waals surface area contributed by atoms with E-state index in [4.69, 9.17) is 0 Å². The lowest BCUT2D eigenvalue weighted by molar-refractivity contribution is 0.102. The zero-order chi connectivity index (χ0) is 17.4. The Morgan fingerprint density at radius 3 is 2.44 bits per heavy atom. The number of rotatable bonds is 3. The van der Waals surface area contributed by atoms with E-state index in [1.165, 1.54) is 0 Å². The largest absolute Gasteiger partial charge is 0.324 e. The third-order valence-corrected chi connectivity index (χ3v) is 4.38. The van der Waals surface area contributed by atoms with E-state index in [1.54, 1.807) is 0 Å². The van der Waals surface area contributed by atoms with Crippen molar-refractivity contribution >= 4 is 17.2 Å². The molecule has 0 saturated carbocycles. The molecule has 1 N–H and O–H groups in total. The average Bonchev–Trinajstić information content (AvgIpc) is 3.25. The molecular formula is C20H18N4O. The first-order valence-electron chi connectivity index (χ1n) is 8.12. The molecule has 3 heterocycles. The molecule has 124 valence electrons. The van der Waals surface area contributed by atoms with Crippen molar-refractivity contribution in [3.05, 3.63) is 84.1 Å². The Morgan fingerprint density at radius 2 is 1.72 bits per heavy atom. The number of hydrogen-bond donors (Lipinski definition) is 1. The molecule has 5 nitrogen and oxygen atoms in total. The summed E-state index contributed by atoms with van der Waals surface area (Å²) in [6, 6.07) is 15.2. The van der Waals surface area contributed by atoms with Crippen LogP contribution in [0.1, 0.15) is 21.7 Å². The Kier molecular flexibility index (Phi) is 3.61. The molecule has 0 aliphatic heterocycles. The van der Waals surface area contributed by atoms with Gasteiger partial charge >= 0.3 is 0 Å². The second-order valence-electron chi connectivity index (χ2n) is 6.02. The van der Waals surface area contributed by atoms with Crippen LogP contribution in [0, 0.1) is 13.8 Å². The molecule has 0 unspecified atom stereocenters. The van der Waals surface area contributed by atoms with Crippen molar-refractivity contribution in [3.63, 3.8) is 0 Å². The molecule has 0 fully saturated rings. The van der Waals surface area contributed by atoms with Crippen LogP contribution in [-0.2, 0) is 0 Å². The molecule has 0 aliphatic carbocycles. The highest BCUT2D eigenvalue weighted by Gasteiger charge is 2.09. The fourth-order valence-electron chi connectivity index (χ4n) is 2.85. The molecule has 0 bridgehead atoms. The van der Waals surface area contributed by atoms with Crippen LogP contribution in [0.25, 0.3) is 11.3 Å². The van der Waals surface area contributed by atoms with Crippen LogP contribution in [0.2, 0.25) is 0 Å². The highest BCUT2D eigenvalue weighted by atomic mass is 16.1. The summed E-state index contributed by atoms with van der Waals surface area (Å²) < 4.78 is 3.99. The summed E-state index contributed by atoms with van der Waals surface area (Å²) in [6.07, 6.45) is 5.84. The van der Waals surface area contributed by atoms with Crippen molar-refractivity contribution in [2.24, 2.45) is 0 Å². The minimum atomic E-state index is -0.132. The maximum atomic E-state index is 12.5. The van der Waals surface area contributed by atoms with E-state index in [-0.39, 0.29) is 5.91 Å². The van der Waals surface area contributed by atoms with Crippen molar-refractivity contribution in [3.8, 4) is 5.69 Å². The number of nitrogens with one attached hydrogen (secondary N) is 1. The number of carbonyl (C=O) groups is 1. The van der Waals surface area contributed by atoms with Crippen LogP contribution in [0.5, 0.6) is 0 Å². The van der Waals surface area contributed by atoms with Crippen LogP contribution in [0.3, 0.4) is 0 Å². The molecule has 4 rings (SSSR count). The molecular weight excluding hydrogens is 312 g/mol. The first-order chi connectivity index (χ1) is 12.1. The molecule has 0 radical (unpaired) electrons. The van der Waals surface area contributed by atoms with E-state index in [0.717, 1.165) is 28.4 Å². The van der Waals surface area contributed by atoms with Gasteiger partial charge in [0.05, 0.1) is 11.4 Å². The highest BCUT2D eigenvalue weighted by molar-refractivity contribution is 6.04. The van der Waals surface area contributed by atoms with Gasteiger partial charge in [0.25, 0.3) is 5.91 Å². The summed E-state index contributed by atoms with van der Waals surface area (Å²) in [7, 11) is 0. The number of benzene rings is 1. The van der Waals surface area contributed by atoms with Crippen molar-refractivity contribution < 1.29 is 4.79 Å². The van der Waals surface area contributed by atoms with Crippen LogP contribution in [0.15, 0.2) is 67.1 Å². The third kappa shape index (κ3) is 2.80. The van der Waals surface area contributed by atoms with Gasteiger partial charge in [-0.25, -0.2) is 4.98 Å². The van der Waals surface area contributed by atoms with Crippen LogP contribution in [0.4, 0.5) is 5.69 Å². The monoisotopic (exact) mass is 330 g/mol. The lowest BCUT2D eigenvalue weighted by atomic mass is 10.2. The normalized spacial score (nSPS) is 11.0. The predicted octanol–water partition coefficient (Wildman–Crippen LogP) is 3.99. The molecule has 25 heavy (non-hydrogen) atoms. The van der Waals surface area contributed by atoms with E-state index in [2.05, 4.69) is 10.3 Å². The molecule has 0 spiro atoms. The number of hydrogen-bond acceptors (Lipinski definition) is 2. The number of fused-ring (bicyclic) bond motifs is 1. The van der Waals surface area contributed by atoms with Crippen LogP contribution >= 0.6 is 0 Å². The Labute approximate surface area is 145 Å². The van der Waals surface area contributed by atoms with Crippen molar-refractivity contribution in [1.82, 2.24) is 14.0 Å². The van der Waals surface area contributed by atoms with Gasteiger partial charge in [0.2, 0.25) is 0 Å². The molecule has 0 saturated heterocycles. The Hall–Kier alpha value is -3.34. The van der Waals surface area contributed by atoms with Gasteiger partial charge in [-0.2, -0.15) is 0 Å². The van der Waals surface area contributed by atoms with E-state index in [0.29, 0.717) is 5.56 Å². The number of aromatic nitrogens is 3. The summed E-state index contributed by atoms with van der Waals surface area (Å²) in [5.74, 6) is -0.132. The first-order valence-corrected chi connectivity index (χ1v) is 8.12. The average molecular weight is 330 g/mol. The van der Waals surface area contributed by atoms with Gasteiger partial charge in [-0.15, -0.1) is 0 Å². The van der Waals surface area contributed by atoms with Gasteiger partial charge in [-0.05, 0) is 62.4 Å². The minimum absolute atomic E-state index is 0.132. The summed E-state index contributed by atoms with van der Waals surface area (Å²) >= 11 is 0. The quantitative estimate of drug-likeness (QED) is 0.617. The first kappa shape index (κ1) is 15.2. The highest BCUT2D eigenvalue weighted by Crippen LogP contribution is 2.17. The third-order valence-electron chi connectivity index (χ3n) is 4.38. The Morgan fingerprint density at radius 1 is 1.00 bits per heavy atom. The fraction of sp³-hybridized carbons (Fsp3) is 0.100. The van der Waals surface area contributed by atoms with Gasteiger partial charge in [0.1, 0.15) is 5.65 Å². The van der Waals surface area contributed by atoms with E-state index >= 15 is 0 Å². The van der Waals surface area contributed by atoms with Crippen molar-refractivity contribution in [2.45, 2.75) is 13.8 Å². The van der Waals surface area contributed by atoms with Gasteiger partial charge in [0.15, 0.2) is 0 Å². The summed E-state index contributed by atoms with van der Waals surface area (Å²) in [5, 5.41) is 2.95. The number of carbonyl (C=O) groups excluding carboxylic acids is 1. The number of pyridine rings is 1. The van der Waals surface area contributed by atoms with E-state index < -0.39 is 0 Å². The van der Waals surface area contributed by atoms with Gasteiger partial charge in [0, 0.05) is 35.5 Å². The van der Waals surface area contributed by atoms with E-state index in [1.807, 2.05) is 89.9 Å². The zero-order valence-corrected chi connectivity index (χ0v) is 14.1. The lowest BCUT2D eigenvalue weighted by Crippen LogP contribution is -2.12. The topological polar surface area (TPSA) is 51.3 Å². The number of imidazole rings is 1. The summed E-state index contributed by atoms with van der Waals surface area (Å²) in [6.45, 7) is 3.99. The molecule has 1 amide bonds. The number of aryl methyl sites for hydroxylation is 2. The fourth-order valence-corrected chi connectivity index (χ4v) is 2.85. The van der Waals surface area contributed by atoms with Crippen molar-refractivity contribution in [1.29, 1.82) is 0 Å². The number of nitrogens with zero attached hydrogens (tertiary/aromatic N) is 3. The Balaban J connectivity index is 1.56. The molecule has 4 aromatic rings. The van der Waals surface area contributed by atoms with E-state index in [9.17, 15) is 4.79 Å². The molecule has 3 aromatic heterocycles. The molecule has 0 atom stereocenters. The van der Waals surface area contributed by atoms with Gasteiger partial charge in [-0.1, -0.05) is 0 Å². The molecule has 0 aliphatic rings. The second-order valence-corrected chi connectivity index (χ2v) is 6.02.